The van der Waals surface area contributed by atoms with Crippen molar-refractivity contribution < 1.29 is 9.18 Å². The minimum absolute atomic E-state index is 0.0631. The summed E-state index contributed by atoms with van der Waals surface area (Å²) in [6, 6.07) is 2.74. The first-order valence-corrected chi connectivity index (χ1v) is 6.24. The number of pyridine rings is 1. The third kappa shape index (κ3) is 2.67. The predicted molar refractivity (Wildman–Crippen MR) is 66.5 cm³/mol. The number of amides is 1. The lowest BCUT2D eigenvalue weighted by atomic mass is 9.92. The Hall–Kier alpha value is -1.49. The van der Waals surface area contributed by atoms with E-state index >= 15 is 0 Å². The highest BCUT2D eigenvalue weighted by molar-refractivity contribution is 5.92. The van der Waals surface area contributed by atoms with Crippen molar-refractivity contribution in [2.75, 3.05) is 13.1 Å². The number of piperidine rings is 1. The molecular formula is C13H18FN3O. The summed E-state index contributed by atoms with van der Waals surface area (Å²) in [6.07, 6.45) is 2.96. The molecule has 2 rings (SSSR count). The number of nitrogens with zero attached hydrogens (tertiary/aromatic N) is 2. The summed E-state index contributed by atoms with van der Waals surface area (Å²) in [6.45, 7) is 3.32. The number of carbonyl (C=O) groups excluding carboxylic acids is 1. The van der Waals surface area contributed by atoms with Crippen LogP contribution in [-0.2, 0) is 0 Å². The van der Waals surface area contributed by atoms with E-state index in [4.69, 9.17) is 5.73 Å². The van der Waals surface area contributed by atoms with E-state index in [1.165, 1.54) is 12.1 Å². The number of likely N-dealkylation sites (tertiary alicyclic amines) is 1. The molecule has 1 aliphatic rings. The lowest BCUT2D eigenvalue weighted by molar-refractivity contribution is 0.0567. The van der Waals surface area contributed by atoms with E-state index in [9.17, 15) is 9.18 Å². The molecule has 2 heterocycles. The Morgan fingerprint density at radius 2 is 2.39 bits per heavy atom. The van der Waals surface area contributed by atoms with Gasteiger partial charge in [-0.25, -0.2) is 9.37 Å². The van der Waals surface area contributed by atoms with Crippen LogP contribution in [0.2, 0.25) is 0 Å². The standard InChI is InChI=1S/C13H18FN3O/c1-9-4-5-17(11(6-9)7-15)13(18)12-3-2-10(14)8-16-12/h2-3,8-9,11H,4-7,15H2,1H3. The molecule has 2 unspecified atom stereocenters. The molecular weight excluding hydrogens is 233 g/mol. The van der Waals surface area contributed by atoms with Crippen molar-refractivity contribution in [1.82, 2.24) is 9.88 Å². The average molecular weight is 251 g/mol. The lowest BCUT2D eigenvalue weighted by Crippen LogP contribution is -2.49. The second-order valence-corrected chi connectivity index (χ2v) is 4.88. The molecule has 0 saturated carbocycles. The van der Waals surface area contributed by atoms with Crippen molar-refractivity contribution >= 4 is 5.91 Å². The SMILES string of the molecule is CC1CCN(C(=O)c2ccc(F)cn2)C(CN)C1. The van der Waals surface area contributed by atoms with E-state index in [1.807, 2.05) is 0 Å². The first-order chi connectivity index (χ1) is 8.61. The average Bonchev–Trinajstić information content (AvgIpc) is 2.38. The van der Waals surface area contributed by atoms with Gasteiger partial charge in [-0.05, 0) is 30.9 Å². The summed E-state index contributed by atoms with van der Waals surface area (Å²) in [5, 5.41) is 0. The molecule has 98 valence electrons. The van der Waals surface area contributed by atoms with Crippen molar-refractivity contribution in [1.29, 1.82) is 0 Å². The Kier molecular flexibility index (Phi) is 3.91. The maximum Gasteiger partial charge on any atom is 0.272 e. The van der Waals surface area contributed by atoms with E-state index in [-0.39, 0.29) is 17.6 Å². The van der Waals surface area contributed by atoms with Crippen LogP contribution in [-0.4, -0.2) is 34.9 Å². The number of nitrogens with two attached hydrogens (primary N) is 1. The molecule has 0 aromatic carbocycles. The van der Waals surface area contributed by atoms with Crippen LogP contribution < -0.4 is 5.73 Å². The highest BCUT2D eigenvalue weighted by atomic mass is 19.1. The van der Waals surface area contributed by atoms with Crippen LogP contribution in [0, 0.1) is 11.7 Å². The molecule has 1 aliphatic heterocycles. The van der Waals surface area contributed by atoms with Gasteiger partial charge in [-0.15, -0.1) is 0 Å². The fourth-order valence-corrected chi connectivity index (χ4v) is 2.39. The number of halogens is 1. The quantitative estimate of drug-likeness (QED) is 0.864. The Morgan fingerprint density at radius 3 is 3.00 bits per heavy atom. The van der Waals surface area contributed by atoms with Gasteiger partial charge in [0, 0.05) is 19.1 Å². The number of hydrogen-bond acceptors (Lipinski definition) is 3. The van der Waals surface area contributed by atoms with Gasteiger partial charge in [0.05, 0.1) is 6.20 Å². The second kappa shape index (κ2) is 5.44. The zero-order valence-electron chi connectivity index (χ0n) is 10.5. The molecule has 2 N–H and O–H groups in total. The summed E-state index contributed by atoms with van der Waals surface area (Å²) in [4.78, 5) is 17.9. The Balaban J connectivity index is 2.14. The topological polar surface area (TPSA) is 59.2 Å². The first-order valence-electron chi connectivity index (χ1n) is 6.24. The van der Waals surface area contributed by atoms with Gasteiger partial charge in [0.25, 0.3) is 5.91 Å². The third-order valence-electron chi connectivity index (χ3n) is 3.46. The third-order valence-corrected chi connectivity index (χ3v) is 3.46. The Bertz CT molecular complexity index is 421. The zero-order valence-corrected chi connectivity index (χ0v) is 10.5. The van der Waals surface area contributed by atoms with Gasteiger partial charge in [-0.3, -0.25) is 4.79 Å². The van der Waals surface area contributed by atoms with Gasteiger partial charge in [0.15, 0.2) is 0 Å². The van der Waals surface area contributed by atoms with Crippen LogP contribution in [0.5, 0.6) is 0 Å². The molecule has 5 heteroatoms. The molecule has 1 saturated heterocycles. The lowest BCUT2D eigenvalue weighted by Gasteiger charge is -2.37. The smallest absolute Gasteiger partial charge is 0.272 e. The highest BCUT2D eigenvalue weighted by Crippen LogP contribution is 2.23. The van der Waals surface area contributed by atoms with Crippen LogP contribution in [0.15, 0.2) is 18.3 Å². The molecule has 0 radical (unpaired) electrons. The van der Waals surface area contributed by atoms with Gasteiger partial charge >= 0.3 is 0 Å². The zero-order chi connectivity index (χ0) is 13.1. The monoisotopic (exact) mass is 251 g/mol. The van der Waals surface area contributed by atoms with Gasteiger partial charge in [0.2, 0.25) is 0 Å². The van der Waals surface area contributed by atoms with Crippen LogP contribution >= 0.6 is 0 Å². The van der Waals surface area contributed by atoms with Crippen LogP contribution in [0.3, 0.4) is 0 Å². The van der Waals surface area contributed by atoms with Gasteiger partial charge < -0.3 is 10.6 Å². The van der Waals surface area contributed by atoms with Crippen LogP contribution in [0.4, 0.5) is 4.39 Å². The normalized spacial score (nSPS) is 24.1. The fourth-order valence-electron chi connectivity index (χ4n) is 2.39. The molecule has 0 aliphatic carbocycles. The van der Waals surface area contributed by atoms with Crippen molar-refractivity contribution in [2.45, 2.75) is 25.8 Å². The van der Waals surface area contributed by atoms with Crippen LogP contribution in [0.1, 0.15) is 30.3 Å². The molecule has 1 aromatic heterocycles. The molecule has 18 heavy (non-hydrogen) atoms. The molecule has 0 bridgehead atoms. The summed E-state index contributed by atoms with van der Waals surface area (Å²) < 4.78 is 12.8. The minimum atomic E-state index is -0.436. The minimum Gasteiger partial charge on any atom is -0.333 e. The first kappa shape index (κ1) is 13.0. The summed E-state index contributed by atoms with van der Waals surface area (Å²) >= 11 is 0. The highest BCUT2D eigenvalue weighted by Gasteiger charge is 2.29. The van der Waals surface area contributed by atoms with E-state index in [1.54, 1.807) is 4.90 Å². The van der Waals surface area contributed by atoms with E-state index in [0.717, 1.165) is 19.0 Å². The predicted octanol–water partition coefficient (Wildman–Crippen LogP) is 1.42. The van der Waals surface area contributed by atoms with Crippen molar-refractivity contribution in [3.63, 3.8) is 0 Å². The molecule has 1 aromatic rings. The van der Waals surface area contributed by atoms with Crippen molar-refractivity contribution in [3.05, 3.63) is 29.8 Å². The maximum absolute atomic E-state index is 12.8. The van der Waals surface area contributed by atoms with Gasteiger partial charge in [-0.2, -0.15) is 0 Å². The van der Waals surface area contributed by atoms with Crippen molar-refractivity contribution in [3.8, 4) is 0 Å². The Morgan fingerprint density at radius 1 is 1.61 bits per heavy atom. The second-order valence-electron chi connectivity index (χ2n) is 4.88. The number of aromatic nitrogens is 1. The van der Waals surface area contributed by atoms with Gasteiger partial charge in [-0.1, -0.05) is 6.92 Å². The van der Waals surface area contributed by atoms with E-state index in [2.05, 4.69) is 11.9 Å². The summed E-state index contributed by atoms with van der Waals surface area (Å²) in [7, 11) is 0. The van der Waals surface area contributed by atoms with E-state index < -0.39 is 5.82 Å². The number of carbonyl (C=O) groups is 1. The fraction of sp³-hybridized carbons (Fsp3) is 0.538. The molecule has 2 atom stereocenters. The Labute approximate surface area is 106 Å². The molecule has 4 nitrogen and oxygen atoms in total. The summed E-state index contributed by atoms with van der Waals surface area (Å²) in [5.74, 6) is -0.00433. The van der Waals surface area contributed by atoms with E-state index in [0.29, 0.717) is 19.0 Å². The molecule has 1 fully saturated rings. The number of hydrogen-bond donors (Lipinski definition) is 1. The molecule has 0 spiro atoms. The molecule has 1 amide bonds. The maximum atomic E-state index is 12.8. The van der Waals surface area contributed by atoms with Crippen molar-refractivity contribution in [2.24, 2.45) is 11.7 Å². The number of rotatable bonds is 2. The van der Waals surface area contributed by atoms with Crippen LogP contribution in [0.25, 0.3) is 0 Å². The largest absolute Gasteiger partial charge is 0.333 e. The van der Waals surface area contributed by atoms with Gasteiger partial charge in [0.1, 0.15) is 11.5 Å². The summed E-state index contributed by atoms with van der Waals surface area (Å²) in [5.41, 5.74) is 6.00.